The number of halogens is 5. The Morgan fingerprint density at radius 1 is 1.12 bits per heavy atom. The molecule has 3 aromatic rings. The first-order chi connectivity index (χ1) is 12.3. The monoisotopic (exact) mass is 370 g/mol. The molecule has 2 heterocycles. The van der Waals surface area contributed by atoms with E-state index in [1.807, 2.05) is 0 Å². The number of hydrogen-bond acceptors (Lipinski definition) is 4. The number of nitrogens with zero attached hydrogens (tertiary/aromatic N) is 4. The van der Waals surface area contributed by atoms with Crippen LogP contribution in [-0.2, 0) is 0 Å². The SMILES string of the molecule is Fc1cc2nc(-c3cnnc(OCC(F)(F)F)c3)n(C3CC3)c2cc1F. The smallest absolute Gasteiger partial charge is 0.422 e. The molecule has 0 N–H and O–H groups in total. The third kappa shape index (κ3) is 3.18. The summed E-state index contributed by atoms with van der Waals surface area (Å²) < 4.78 is 70.4. The molecule has 26 heavy (non-hydrogen) atoms. The summed E-state index contributed by atoms with van der Waals surface area (Å²) in [7, 11) is 0. The third-order valence-electron chi connectivity index (χ3n) is 3.92. The zero-order valence-corrected chi connectivity index (χ0v) is 13.1. The minimum Gasteiger partial charge on any atom is -0.467 e. The van der Waals surface area contributed by atoms with E-state index in [-0.39, 0.29) is 17.4 Å². The predicted molar refractivity (Wildman–Crippen MR) is 80.5 cm³/mol. The van der Waals surface area contributed by atoms with E-state index in [9.17, 15) is 22.0 Å². The summed E-state index contributed by atoms with van der Waals surface area (Å²) in [6.07, 6.45) is -1.51. The Morgan fingerprint density at radius 3 is 2.54 bits per heavy atom. The van der Waals surface area contributed by atoms with E-state index < -0.39 is 24.4 Å². The summed E-state index contributed by atoms with van der Waals surface area (Å²) in [5, 5.41) is 7.15. The van der Waals surface area contributed by atoms with Crippen molar-refractivity contribution in [2.24, 2.45) is 0 Å². The molecule has 10 heteroatoms. The molecule has 0 aliphatic heterocycles. The Balaban J connectivity index is 1.78. The van der Waals surface area contributed by atoms with Crippen LogP contribution in [-0.4, -0.2) is 32.5 Å². The van der Waals surface area contributed by atoms with Gasteiger partial charge in [0.25, 0.3) is 0 Å². The Kier molecular flexibility index (Phi) is 3.78. The number of fused-ring (bicyclic) bond motifs is 1. The van der Waals surface area contributed by atoms with Crippen LogP contribution in [0.3, 0.4) is 0 Å². The number of hydrogen-bond donors (Lipinski definition) is 0. The largest absolute Gasteiger partial charge is 0.467 e. The average molecular weight is 370 g/mol. The lowest BCUT2D eigenvalue weighted by Gasteiger charge is -2.10. The van der Waals surface area contributed by atoms with Crippen molar-refractivity contribution < 1.29 is 26.7 Å². The molecule has 0 spiro atoms. The van der Waals surface area contributed by atoms with Gasteiger partial charge in [-0.1, -0.05) is 0 Å². The van der Waals surface area contributed by atoms with E-state index in [1.54, 1.807) is 4.57 Å². The zero-order valence-electron chi connectivity index (χ0n) is 13.1. The minimum absolute atomic E-state index is 0.0626. The second-order valence-corrected chi connectivity index (χ2v) is 5.98. The van der Waals surface area contributed by atoms with Crippen molar-refractivity contribution >= 4 is 11.0 Å². The quantitative estimate of drug-likeness (QED) is 0.651. The first-order valence-corrected chi connectivity index (χ1v) is 7.71. The molecule has 0 radical (unpaired) electrons. The molecule has 1 fully saturated rings. The second-order valence-electron chi connectivity index (χ2n) is 5.98. The van der Waals surface area contributed by atoms with Gasteiger partial charge in [0.1, 0.15) is 5.82 Å². The van der Waals surface area contributed by atoms with Gasteiger partial charge in [-0.3, -0.25) is 0 Å². The number of ether oxygens (including phenoxy) is 1. The standard InChI is InChI=1S/C16H11F5N4O/c17-10-4-12-13(5-11(10)18)25(9-1-2-9)15(23-12)8-3-14(24-22-6-8)26-7-16(19,20)21/h3-6,9H,1-2,7H2. The van der Waals surface area contributed by atoms with E-state index in [2.05, 4.69) is 19.9 Å². The highest BCUT2D eigenvalue weighted by Gasteiger charge is 2.31. The van der Waals surface area contributed by atoms with Gasteiger partial charge in [0.05, 0.1) is 17.2 Å². The summed E-state index contributed by atoms with van der Waals surface area (Å²) in [6.45, 7) is -1.50. The molecule has 0 atom stereocenters. The molecular formula is C16H11F5N4O. The van der Waals surface area contributed by atoms with Gasteiger partial charge in [-0.05, 0) is 12.8 Å². The van der Waals surface area contributed by atoms with Crippen LogP contribution in [0.25, 0.3) is 22.4 Å². The van der Waals surface area contributed by atoms with Crippen molar-refractivity contribution in [3.05, 3.63) is 36.0 Å². The third-order valence-corrected chi connectivity index (χ3v) is 3.92. The van der Waals surface area contributed by atoms with Gasteiger partial charge in [-0.25, -0.2) is 13.8 Å². The van der Waals surface area contributed by atoms with Gasteiger partial charge >= 0.3 is 6.18 Å². The molecule has 1 saturated carbocycles. The predicted octanol–water partition coefficient (Wildman–Crippen LogP) is 4.05. The van der Waals surface area contributed by atoms with Gasteiger partial charge in [0.15, 0.2) is 18.2 Å². The highest BCUT2D eigenvalue weighted by atomic mass is 19.4. The van der Waals surface area contributed by atoms with E-state index >= 15 is 0 Å². The molecule has 1 aliphatic rings. The lowest BCUT2D eigenvalue weighted by atomic mass is 10.2. The van der Waals surface area contributed by atoms with Crippen LogP contribution in [0.15, 0.2) is 24.4 Å². The van der Waals surface area contributed by atoms with Crippen molar-refractivity contribution in [1.82, 2.24) is 19.7 Å². The maximum absolute atomic E-state index is 13.6. The number of benzene rings is 1. The summed E-state index contributed by atoms with van der Waals surface area (Å²) in [5.41, 5.74) is 1.01. The lowest BCUT2D eigenvalue weighted by molar-refractivity contribution is -0.154. The molecule has 2 aromatic heterocycles. The fourth-order valence-electron chi connectivity index (χ4n) is 2.69. The average Bonchev–Trinajstić information content (AvgIpc) is 3.35. The minimum atomic E-state index is -4.51. The molecule has 0 saturated heterocycles. The molecule has 136 valence electrons. The zero-order chi connectivity index (χ0) is 18.5. The number of imidazole rings is 1. The number of aromatic nitrogens is 4. The van der Waals surface area contributed by atoms with Crippen molar-refractivity contribution in [1.29, 1.82) is 0 Å². The molecule has 1 aromatic carbocycles. The molecule has 1 aliphatic carbocycles. The van der Waals surface area contributed by atoms with Crippen LogP contribution in [0.5, 0.6) is 5.88 Å². The molecule has 0 amide bonds. The van der Waals surface area contributed by atoms with Gasteiger partial charge in [0.2, 0.25) is 5.88 Å². The first kappa shape index (κ1) is 16.7. The Hall–Kier alpha value is -2.78. The van der Waals surface area contributed by atoms with Crippen molar-refractivity contribution in [2.75, 3.05) is 6.61 Å². The Bertz CT molecular complexity index is 981. The highest BCUT2D eigenvalue weighted by Crippen LogP contribution is 2.41. The van der Waals surface area contributed by atoms with E-state index in [0.717, 1.165) is 25.0 Å². The Labute approximate surface area is 143 Å². The topological polar surface area (TPSA) is 52.8 Å². The van der Waals surface area contributed by atoms with Crippen LogP contribution < -0.4 is 4.74 Å². The Morgan fingerprint density at radius 2 is 1.85 bits per heavy atom. The van der Waals surface area contributed by atoms with Crippen molar-refractivity contribution in [3.63, 3.8) is 0 Å². The molecule has 0 unspecified atom stereocenters. The van der Waals surface area contributed by atoms with Gasteiger partial charge in [-0.15, -0.1) is 5.10 Å². The van der Waals surface area contributed by atoms with Crippen LogP contribution >= 0.6 is 0 Å². The van der Waals surface area contributed by atoms with E-state index in [1.165, 1.54) is 12.3 Å². The van der Waals surface area contributed by atoms with Gasteiger partial charge < -0.3 is 9.30 Å². The summed E-state index contributed by atoms with van der Waals surface area (Å²) in [5.74, 6) is -1.98. The maximum Gasteiger partial charge on any atom is 0.422 e. The van der Waals surface area contributed by atoms with Crippen LogP contribution in [0, 0.1) is 11.6 Å². The molecule has 4 rings (SSSR count). The molecule has 0 bridgehead atoms. The maximum atomic E-state index is 13.6. The summed E-state index contributed by atoms with van der Waals surface area (Å²) in [6, 6.07) is 3.39. The summed E-state index contributed by atoms with van der Waals surface area (Å²) in [4.78, 5) is 4.31. The van der Waals surface area contributed by atoms with Crippen LogP contribution in [0.2, 0.25) is 0 Å². The van der Waals surface area contributed by atoms with Gasteiger partial charge in [-0.2, -0.15) is 18.3 Å². The van der Waals surface area contributed by atoms with E-state index in [4.69, 9.17) is 0 Å². The van der Waals surface area contributed by atoms with E-state index in [0.29, 0.717) is 16.9 Å². The normalized spacial score (nSPS) is 14.8. The number of rotatable bonds is 4. The van der Waals surface area contributed by atoms with Crippen molar-refractivity contribution in [2.45, 2.75) is 25.1 Å². The fourth-order valence-corrected chi connectivity index (χ4v) is 2.69. The van der Waals surface area contributed by atoms with Crippen LogP contribution in [0.4, 0.5) is 22.0 Å². The van der Waals surface area contributed by atoms with Gasteiger partial charge in [0, 0.05) is 29.8 Å². The first-order valence-electron chi connectivity index (χ1n) is 7.71. The fraction of sp³-hybridized carbons (Fsp3) is 0.312. The van der Waals surface area contributed by atoms with Crippen molar-refractivity contribution in [3.8, 4) is 17.3 Å². The molecular weight excluding hydrogens is 359 g/mol. The second kappa shape index (κ2) is 5.89. The molecule has 5 nitrogen and oxygen atoms in total. The number of alkyl halides is 3. The highest BCUT2D eigenvalue weighted by molar-refractivity contribution is 5.81. The van der Waals surface area contributed by atoms with Crippen LogP contribution in [0.1, 0.15) is 18.9 Å². The lowest BCUT2D eigenvalue weighted by Crippen LogP contribution is -2.19. The summed E-state index contributed by atoms with van der Waals surface area (Å²) >= 11 is 0.